The van der Waals surface area contributed by atoms with Crippen LogP contribution in [0.2, 0.25) is 0 Å². The molecule has 0 aliphatic rings. The number of nitrogens with zero attached hydrogens (tertiary/aromatic N) is 3. The number of aryl methyl sites for hydroxylation is 1. The van der Waals surface area contributed by atoms with Crippen LogP contribution in [-0.2, 0) is 6.54 Å². The second-order valence-corrected chi connectivity index (χ2v) is 3.04. The third-order valence-electron chi connectivity index (χ3n) is 1.76. The van der Waals surface area contributed by atoms with Crippen molar-refractivity contribution >= 4 is 12.2 Å². The third kappa shape index (κ3) is 1.52. The maximum Gasteiger partial charge on any atom is 0.195 e. The van der Waals surface area contributed by atoms with E-state index in [0.717, 1.165) is 11.5 Å². The minimum Gasteiger partial charge on any atom is -0.364 e. The van der Waals surface area contributed by atoms with Crippen LogP contribution in [0, 0.1) is 11.7 Å². The summed E-state index contributed by atoms with van der Waals surface area (Å²) < 4.78 is 7.17. The Kier molecular flexibility index (Phi) is 1.97. The molecule has 0 radical (unpaired) electrons. The molecule has 0 amide bonds. The van der Waals surface area contributed by atoms with Crippen molar-refractivity contribution in [3.05, 3.63) is 28.6 Å². The summed E-state index contributed by atoms with van der Waals surface area (Å²) in [7, 11) is 0. The van der Waals surface area contributed by atoms with Gasteiger partial charge in [0, 0.05) is 6.07 Å². The fraction of sp³-hybridized carbons (Fsp3) is 0.286. The first-order chi connectivity index (χ1) is 6.27. The van der Waals surface area contributed by atoms with Gasteiger partial charge in [-0.05, 0) is 19.1 Å². The molecule has 0 bridgehead atoms. The van der Waals surface area contributed by atoms with Crippen LogP contribution < -0.4 is 0 Å². The Morgan fingerprint density at radius 2 is 2.54 bits per heavy atom. The summed E-state index contributed by atoms with van der Waals surface area (Å²) in [5.41, 5.74) is 0.834. The first-order valence-corrected chi connectivity index (χ1v) is 4.19. The average Bonchev–Trinajstić information content (AvgIpc) is 2.70. The van der Waals surface area contributed by atoms with Crippen LogP contribution in [0.25, 0.3) is 0 Å². The maximum absolute atomic E-state index is 5.03. The zero-order chi connectivity index (χ0) is 9.26. The summed E-state index contributed by atoms with van der Waals surface area (Å²) in [5, 5.41) is 10.5. The Balaban J connectivity index is 2.33. The van der Waals surface area contributed by atoms with E-state index in [2.05, 4.69) is 15.4 Å². The van der Waals surface area contributed by atoms with Gasteiger partial charge in [-0.2, -0.15) is 5.10 Å². The number of aromatic amines is 1. The summed E-state index contributed by atoms with van der Waals surface area (Å²) in [6, 6.07) is 1.80. The molecule has 0 saturated heterocycles. The van der Waals surface area contributed by atoms with Crippen LogP contribution in [0.5, 0.6) is 0 Å². The van der Waals surface area contributed by atoms with Crippen LogP contribution in [0.15, 0.2) is 16.9 Å². The highest BCUT2D eigenvalue weighted by molar-refractivity contribution is 7.71. The lowest BCUT2D eigenvalue weighted by atomic mass is 10.4. The van der Waals surface area contributed by atoms with E-state index in [-0.39, 0.29) is 0 Å². The smallest absolute Gasteiger partial charge is 0.195 e. The van der Waals surface area contributed by atoms with Crippen LogP contribution in [0.1, 0.15) is 11.5 Å². The molecule has 0 unspecified atom stereocenters. The van der Waals surface area contributed by atoms with Crippen LogP contribution in [-0.4, -0.2) is 19.9 Å². The molecule has 13 heavy (non-hydrogen) atoms. The molecule has 0 aliphatic heterocycles. The predicted molar refractivity (Wildman–Crippen MR) is 47.8 cm³/mol. The standard InChI is InChI=1S/C7H8N4OS/c1-5-8-9-7(13)11(5)4-6-2-3-12-10-6/h2-3H,4H2,1H3,(H,9,13). The largest absolute Gasteiger partial charge is 0.364 e. The first-order valence-electron chi connectivity index (χ1n) is 3.78. The Hall–Kier alpha value is -1.43. The third-order valence-corrected chi connectivity index (χ3v) is 2.07. The Morgan fingerprint density at radius 3 is 3.08 bits per heavy atom. The molecule has 0 aromatic carbocycles. The molecule has 0 spiro atoms. The van der Waals surface area contributed by atoms with Crippen molar-refractivity contribution in [2.24, 2.45) is 0 Å². The molecule has 5 nitrogen and oxygen atoms in total. The molecule has 0 atom stereocenters. The zero-order valence-corrected chi connectivity index (χ0v) is 7.84. The van der Waals surface area contributed by atoms with Crippen molar-refractivity contribution in [1.29, 1.82) is 0 Å². The van der Waals surface area contributed by atoms with Crippen molar-refractivity contribution in [2.45, 2.75) is 13.5 Å². The van der Waals surface area contributed by atoms with Gasteiger partial charge in [0.2, 0.25) is 0 Å². The van der Waals surface area contributed by atoms with Gasteiger partial charge in [0.05, 0.1) is 6.54 Å². The van der Waals surface area contributed by atoms with E-state index in [1.54, 1.807) is 6.07 Å². The molecule has 2 heterocycles. The lowest BCUT2D eigenvalue weighted by Gasteiger charge is -1.98. The molecule has 68 valence electrons. The molecule has 2 aromatic heterocycles. The topological polar surface area (TPSA) is 59.6 Å². The van der Waals surface area contributed by atoms with E-state index in [1.165, 1.54) is 6.26 Å². The average molecular weight is 196 g/mol. The van der Waals surface area contributed by atoms with E-state index in [9.17, 15) is 0 Å². The highest BCUT2D eigenvalue weighted by atomic mass is 32.1. The molecular formula is C7H8N4OS. The summed E-state index contributed by atoms with van der Waals surface area (Å²) in [6.45, 7) is 2.48. The van der Waals surface area contributed by atoms with E-state index < -0.39 is 0 Å². The summed E-state index contributed by atoms with van der Waals surface area (Å²) in [5.74, 6) is 0.841. The van der Waals surface area contributed by atoms with Crippen molar-refractivity contribution < 1.29 is 4.52 Å². The molecule has 0 aliphatic carbocycles. The Morgan fingerprint density at radius 1 is 1.69 bits per heavy atom. The number of hydrogen-bond donors (Lipinski definition) is 1. The fourth-order valence-corrected chi connectivity index (χ4v) is 1.31. The molecule has 0 saturated carbocycles. The lowest BCUT2D eigenvalue weighted by Crippen LogP contribution is -2.02. The van der Waals surface area contributed by atoms with E-state index >= 15 is 0 Å². The van der Waals surface area contributed by atoms with Gasteiger partial charge in [-0.15, -0.1) is 0 Å². The van der Waals surface area contributed by atoms with Gasteiger partial charge in [0.1, 0.15) is 17.8 Å². The SMILES string of the molecule is Cc1n[nH]c(=S)n1Cc1ccon1. The zero-order valence-electron chi connectivity index (χ0n) is 7.02. The van der Waals surface area contributed by atoms with Gasteiger partial charge in [-0.25, -0.2) is 0 Å². The first kappa shape index (κ1) is 8.18. The Labute approximate surface area is 79.4 Å². The number of H-pyrrole nitrogens is 1. The number of nitrogens with one attached hydrogen (secondary N) is 1. The van der Waals surface area contributed by atoms with E-state index in [4.69, 9.17) is 16.7 Å². The van der Waals surface area contributed by atoms with Gasteiger partial charge < -0.3 is 4.52 Å². The van der Waals surface area contributed by atoms with Crippen LogP contribution >= 0.6 is 12.2 Å². The minimum absolute atomic E-state index is 0.595. The molecule has 2 rings (SSSR count). The van der Waals surface area contributed by atoms with Crippen LogP contribution in [0.4, 0.5) is 0 Å². The highest BCUT2D eigenvalue weighted by Gasteiger charge is 2.03. The minimum atomic E-state index is 0.595. The van der Waals surface area contributed by atoms with Crippen molar-refractivity contribution in [3.63, 3.8) is 0 Å². The van der Waals surface area contributed by atoms with Crippen molar-refractivity contribution in [3.8, 4) is 0 Å². The second-order valence-electron chi connectivity index (χ2n) is 2.65. The fourth-order valence-electron chi connectivity index (χ4n) is 1.06. The maximum atomic E-state index is 5.03. The summed E-state index contributed by atoms with van der Waals surface area (Å²) in [6.07, 6.45) is 1.54. The van der Waals surface area contributed by atoms with E-state index in [1.807, 2.05) is 11.5 Å². The normalized spacial score (nSPS) is 10.5. The molecule has 0 fully saturated rings. The number of hydrogen-bond acceptors (Lipinski definition) is 4. The molecule has 2 aromatic rings. The van der Waals surface area contributed by atoms with Crippen molar-refractivity contribution in [1.82, 2.24) is 19.9 Å². The van der Waals surface area contributed by atoms with Crippen LogP contribution in [0.3, 0.4) is 0 Å². The van der Waals surface area contributed by atoms with Gasteiger partial charge >= 0.3 is 0 Å². The summed E-state index contributed by atoms with van der Waals surface area (Å²) >= 11 is 5.03. The number of aromatic nitrogens is 4. The second kappa shape index (κ2) is 3.14. The Bertz CT molecular complexity index is 441. The molecule has 1 N–H and O–H groups in total. The summed E-state index contributed by atoms with van der Waals surface area (Å²) in [4.78, 5) is 0. The van der Waals surface area contributed by atoms with Gasteiger partial charge in [-0.1, -0.05) is 5.16 Å². The molecule has 6 heteroatoms. The van der Waals surface area contributed by atoms with Crippen molar-refractivity contribution in [2.75, 3.05) is 0 Å². The van der Waals surface area contributed by atoms with E-state index in [0.29, 0.717) is 11.3 Å². The lowest BCUT2D eigenvalue weighted by molar-refractivity contribution is 0.409. The quantitative estimate of drug-likeness (QED) is 0.735. The molecular weight excluding hydrogens is 188 g/mol. The van der Waals surface area contributed by atoms with Gasteiger partial charge in [0.25, 0.3) is 0 Å². The van der Waals surface area contributed by atoms with Gasteiger partial charge in [0.15, 0.2) is 4.77 Å². The number of rotatable bonds is 2. The predicted octanol–water partition coefficient (Wildman–Crippen LogP) is 1.29. The monoisotopic (exact) mass is 196 g/mol. The van der Waals surface area contributed by atoms with Gasteiger partial charge in [-0.3, -0.25) is 9.67 Å². The highest BCUT2D eigenvalue weighted by Crippen LogP contribution is 2.02.